The van der Waals surface area contributed by atoms with Crippen LogP contribution in [0.15, 0.2) is 12.3 Å². The van der Waals surface area contributed by atoms with E-state index in [-0.39, 0.29) is 0 Å². The topological polar surface area (TPSA) is 41.6 Å². The molecule has 4 heteroatoms. The lowest BCUT2D eigenvalue weighted by atomic mass is 10.2. The van der Waals surface area contributed by atoms with Crippen LogP contribution in [0.2, 0.25) is 5.02 Å². The van der Waals surface area contributed by atoms with Gasteiger partial charge in [-0.3, -0.25) is 0 Å². The van der Waals surface area contributed by atoms with Gasteiger partial charge in [0.15, 0.2) is 5.65 Å². The fraction of sp³-hybridized carbons (Fsp3) is 0.333. The monoisotopic (exact) mass is 195 g/mol. The van der Waals surface area contributed by atoms with Crippen molar-refractivity contribution in [3.8, 4) is 0 Å². The standard InChI is InChI=1S/C9H10ClN3/c1-5(2)8-12-7-3-6(10)4-11-9(7)13-8/h3-5H,1-2H3,(H,11,12,13). The maximum atomic E-state index is 5.80. The number of nitrogens with zero attached hydrogens (tertiary/aromatic N) is 2. The first-order valence-electron chi connectivity index (χ1n) is 4.18. The van der Waals surface area contributed by atoms with E-state index in [1.165, 1.54) is 0 Å². The summed E-state index contributed by atoms with van der Waals surface area (Å²) in [6.07, 6.45) is 1.61. The molecule has 68 valence electrons. The van der Waals surface area contributed by atoms with E-state index >= 15 is 0 Å². The Labute approximate surface area is 81.2 Å². The number of hydrogen-bond acceptors (Lipinski definition) is 2. The Morgan fingerprint density at radius 3 is 2.92 bits per heavy atom. The van der Waals surface area contributed by atoms with E-state index in [1.807, 2.05) is 6.07 Å². The molecule has 0 radical (unpaired) electrons. The average molecular weight is 196 g/mol. The maximum absolute atomic E-state index is 5.80. The summed E-state index contributed by atoms with van der Waals surface area (Å²) >= 11 is 5.80. The van der Waals surface area contributed by atoms with Crippen molar-refractivity contribution >= 4 is 22.8 Å². The molecule has 0 bridgehead atoms. The van der Waals surface area contributed by atoms with Crippen molar-refractivity contribution in [1.29, 1.82) is 0 Å². The molecule has 0 saturated carbocycles. The van der Waals surface area contributed by atoms with Crippen molar-refractivity contribution in [2.75, 3.05) is 0 Å². The van der Waals surface area contributed by atoms with E-state index in [0.717, 1.165) is 17.0 Å². The van der Waals surface area contributed by atoms with Gasteiger partial charge in [-0.2, -0.15) is 0 Å². The zero-order chi connectivity index (χ0) is 9.42. The molecular weight excluding hydrogens is 186 g/mol. The Hall–Kier alpha value is -1.09. The Morgan fingerprint density at radius 2 is 2.23 bits per heavy atom. The molecule has 0 aromatic carbocycles. The van der Waals surface area contributed by atoms with Crippen LogP contribution in [0, 0.1) is 0 Å². The molecule has 0 atom stereocenters. The molecule has 0 fully saturated rings. The van der Waals surface area contributed by atoms with Crippen LogP contribution in [0.25, 0.3) is 11.2 Å². The van der Waals surface area contributed by atoms with Gasteiger partial charge in [-0.05, 0) is 6.07 Å². The second-order valence-electron chi connectivity index (χ2n) is 3.30. The van der Waals surface area contributed by atoms with Crippen molar-refractivity contribution in [2.24, 2.45) is 0 Å². The second-order valence-corrected chi connectivity index (χ2v) is 3.74. The fourth-order valence-corrected chi connectivity index (χ4v) is 1.32. The summed E-state index contributed by atoms with van der Waals surface area (Å²) in [7, 11) is 0. The Morgan fingerprint density at radius 1 is 1.46 bits per heavy atom. The van der Waals surface area contributed by atoms with Crippen LogP contribution in [0.3, 0.4) is 0 Å². The number of rotatable bonds is 1. The van der Waals surface area contributed by atoms with Gasteiger partial charge >= 0.3 is 0 Å². The number of pyridine rings is 1. The number of fused-ring (bicyclic) bond motifs is 1. The van der Waals surface area contributed by atoms with Gasteiger partial charge in [0.2, 0.25) is 0 Å². The summed E-state index contributed by atoms with van der Waals surface area (Å²) in [6.45, 7) is 4.17. The van der Waals surface area contributed by atoms with E-state index < -0.39 is 0 Å². The van der Waals surface area contributed by atoms with E-state index in [9.17, 15) is 0 Å². The molecule has 0 aliphatic heterocycles. The lowest BCUT2D eigenvalue weighted by Gasteiger charge is -1.95. The van der Waals surface area contributed by atoms with Gasteiger partial charge in [0.1, 0.15) is 5.82 Å². The van der Waals surface area contributed by atoms with Crippen LogP contribution in [0.1, 0.15) is 25.6 Å². The minimum Gasteiger partial charge on any atom is -0.340 e. The van der Waals surface area contributed by atoms with Gasteiger partial charge in [0.25, 0.3) is 0 Å². The predicted octanol–water partition coefficient (Wildman–Crippen LogP) is 2.73. The molecule has 0 spiro atoms. The highest BCUT2D eigenvalue weighted by atomic mass is 35.5. The highest BCUT2D eigenvalue weighted by Crippen LogP contribution is 2.17. The van der Waals surface area contributed by atoms with Gasteiger partial charge in [-0.25, -0.2) is 9.97 Å². The van der Waals surface area contributed by atoms with Crippen LogP contribution in [0.5, 0.6) is 0 Å². The smallest absolute Gasteiger partial charge is 0.177 e. The molecule has 13 heavy (non-hydrogen) atoms. The van der Waals surface area contributed by atoms with Gasteiger partial charge in [-0.15, -0.1) is 0 Å². The number of hydrogen-bond donors (Lipinski definition) is 1. The first-order chi connectivity index (χ1) is 6.16. The SMILES string of the molecule is CC(C)c1nc2ncc(Cl)cc2[nH]1. The van der Waals surface area contributed by atoms with Gasteiger partial charge in [0, 0.05) is 12.1 Å². The molecule has 2 heterocycles. The maximum Gasteiger partial charge on any atom is 0.177 e. The average Bonchev–Trinajstić information content (AvgIpc) is 2.46. The summed E-state index contributed by atoms with van der Waals surface area (Å²) < 4.78 is 0. The number of halogens is 1. The molecular formula is C9H10ClN3. The van der Waals surface area contributed by atoms with Crippen molar-refractivity contribution in [3.05, 3.63) is 23.1 Å². The first kappa shape index (κ1) is 8.51. The predicted molar refractivity (Wildman–Crippen MR) is 53.0 cm³/mol. The number of nitrogens with one attached hydrogen (secondary N) is 1. The molecule has 2 rings (SSSR count). The molecule has 0 aliphatic carbocycles. The van der Waals surface area contributed by atoms with Crippen LogP contribution in [0.4, 0.5) is 0 Å². The van der Waals surface area contributed by atoms with Crippen molar-refractivity contribution in [3.63, 3.8) is 0 Å². The zero-order valence-corrected chi connectivity index (χ0v) is 8.26. The number of imidazole rings is 1. The summed E-state index contributed by atoms with van der Waals surface area (Å²) in [5.74, 6) is 1.33. The third-order valence-corrected chi connectivity index (χ3v) is 2.08. The molecule has 2 aromatic heterocycles. The molecule has 0 unspecified atom stereocenters. The summed E-state index contributed by atoms with van der Waals surface area (Å²) in [5.41, 5.74) is 1.63. The second kappa shape index (κ2) is 3.00. The first-order valence-corrected chi connectivity index (χ1v) is 4.56. The largest absolute Gasteiger partial charge is 0.340 e. The lowest BCUT2D eigenvalue weighted by molar-refractivity contribution is 0.798. The Bertz CT molecular complexity index is 433. The number of aromatic amines is 1. The Kier molecular flexibility index (Phi) is 1.96. The van der Waals surface area contributed by atoms with Crippen molar-refractivity contribution in [1.82, 2.24) is 15.0 Å². The molecule has 2 aromatic rings. The van der Waals surface area contributed by atoms with E-state index in [4.69, 9.17) is 11.6 Å². The van der Waals surface area contributed by atoms with Crippen LogP contribution < -0.4 is 0 Å². The fourth-order valence-electron chi connectivity index (χ4n) is 1.17. The number of aromatic nitrogens is 3. The minimum atomic E-state index is 0.382. The van der Waals surface area contributed by atoms with Crippen LogP contribution >= 0.6 is 11.6 Å². The summed E-state index contributed by atoms with van der Waals surface area (Å²) in [6, 6.07) is 1.84. The van der Waals surface area contributed by atoms with E-state index in [2.05, 4.69) is 28.8 Å². The molecule has 0 aliphatic rings. The highest BCUT2D eigenvalue weighted by Gasteiger charge is 2.06. The molecule has 0 saturated heterocycles. The Balaban J connectivity index is 2.62. The quantitative estimate of drug-likeness (QED) is 0.760. The van der Waals surface area contributed by atoms with E-state index in [0.29, 0.717) is 10.9 Å². The minimum absolute atomic E-state index is 0.382. The molecule has 0 amide bonds. The van der Waals surface area contributed by atoms with Gasteiger partial charge < -0.3 is 4.98 Å². The highest BCUT2D eigenvalue weighted by molar-refractivity contribution is 6.30. The van der Waals surface area contributed by atoms with Gasteiger partial charge in [0.05, 0.1) is 10.5 Å². The van der Waals surface area contributed by atoms with Crippen LogP contribution in [-0.2, 0) is 0 Å². The van der Waals surface area contributed by atoms with Crippen molar-refractivity contribution in [2.45, 2.75) is 19.8 Å². The molecule has 3 nitrogen and oxygen atoms in total. The van der Waals surface area contributed by atoms with Crippen LogP contribution in [-0.4, -0.2) is 15.0 Å². The number of H-pyrrole nitrogens is 1. The molecule has 1 N–H and O–H groups in total. The van der Waals surface area contributed by atoms with Crippen molar-refractivity contribution < 1.29 is 0 Å². The third-order valence-electron chi connectivity index (χ3n) is 1.87. The summed E-state index contributed by atoms with van der Waals surface area (Å²) in [5, 5.41) is 0.631. The zero-order valence-electron chi connectivity index (χ0n) is 7.50. The third kappa shape index (κ3) is 1.52. The van der Waals surface area contributed by atoms with E-state index in [1.54, 1.807) is 6.20 Å². The van der Waals surface area contributed by atoms with Gasteiger partial charge in [-0.1, -0.05) is 25.4 Å². The normalized spacial score (nSPS) is 11.4. The lowest BCUT2D eigenvalue weighted by Crippen LogP contribution is -1.88. The summed E-state index contributed by atoms with van der Waals surface area (Å²) in [4.78, 5) is 11.6.